The molecule has 0 unspecified atom stereocenters. The topological polar surface area (TPSA) is 25.8 Å². The summed E-state index contributed by atoms with van der Waals surface area (Å²) in [6.45, 7) is 8.71. The van der Waals surface area contributed by atoms with E-state index in [9.17, 15) is 0 Å². The SMILES string of the molecule is CC(C)c1cc2ncsc2c(C(C)C)n1. The van der Waals surface area contributed by atoms with Gasteiger partial charge in [0, 0.05) is 5.69 Å². The van der Waals surface area contributed by atoms with Gasteiger partial charge < -0.3 is 0 Å². The first-order chi connectivity index (χ1) is 7.09. The molecule has 0 radical (unpaired) electrons. The van der Waals surface area contributed by atoms with E-state index < -0.39 is 0 Å². The van der Waals surface area contributed by atoms with Gasteiger partial charge in [-0.2, -0.15) is 0 Å². The third-order valence-corrected chi connectivity index (χ3v) is 3.36. The number of rotatable bonds is 2. The molecule has 0 saturated heterocycles. The Bertz CT molecular complexity index is 471. The van der Waals surface area contributed by atoms with Gasteiger partial charge in [0.05, 0.1) is 21.4 Å². The van der Waals surface area contributed by atoms with Crippen molar-refractivity contribution in [3.63, 3.8) is 0 Å². The highest BCUT2D eigenvalue weighted by molar-refractivity contribution is 7.16. The molecular weight excluding hydrogens is 204 g/mol. The Morgan fingerprint density at radius 2 is 1.87 bits per heavy atom. The largest absolute Gasteiger partial charge is 0.256 e. The summed E-state index contributed by atoms with van der Waals surface area (Å²) in [4.78, 5) is 9.13. The van der Waals surface area contributed by atoms with Gasteiger partial charge in [-0.25, -0.2) is 4.98 Å². The molecule has 0 spiro atoms. The summed E-state index contributed by atoms with van der Waals surface area (Å²) >= 11 is 1.69. The molecule has 3 heteroatoms. The molecule has 80 valence electrons. The molecule has 0 amide bonds. The van der Waals surface area contributed by atoms with Gasteiger partial charge in [-0.3, -0.25) is 4.98 Å². The molecule has 2 aromatic rings. The van der Waals surface area contributed by atoms with Crippen LogP contribution < -0.4 is 0 Å². The predicted molar refractivity (Wildman–Crippen MR) is 65.6 cm³/mol. The highest BCUT2D eigenvalue weighted by Crippen LogP contribution is 2.29. The van der Waals surface area contributed by atoms with Crippen LogP contribution in [0.1, 0.15) is 50.9 Å². The zero-order chi connectivity index (χ0) is 11.0. The summed E-state index contributed by atoms with van der Waals surface area (Å²) in [6, 6.07) is 2.11. The molecule has 0 aliphatic rings. The van der Waals surface area contributed by atoms with Crippen molar-refractivity contribution in [2.24, 2.45) is 0 Å². The predicted octanol–water partition coefficient (Wildman–Crippen LogP) is 3.94. The number of fused-ring (bicyclic) bond motifs is 1. The first kappa shape index (κ1) is 10.6. The van der Waals surface area contributed by atoms with Gasteiger partial charge in [0.1, 0.15) is 0 Å². The Morgan fingerprint density at radius 1 is 1.13 bits per heavy atom. The molecule has 0 aromatic carbocycles. The highest BCUT2D eigenvalue weighted by atomic mass is 32.1. The summed E-state index contributed by atoms with van der Waals surface area (Å²) in [5.41, 5.74) is 5.35. The zero-order valence-corrected chi connectivity index (χ0v) is 10.4. The number of pyridine rings is 1. The molecule has 2 aromatic heterocycles. The number of thiazole rings is 1. The van der Waals surface area contributed by atoms with Crippen molar-refractivity contribution in [2.75, 3.05) is 0 Å². The molecule has 0 fully saturated rings. The summed E-state index contributed by atoms with van der Waals surface area (Å²) in [7, 11) is 0. The van der Waals surface area contributed by atoms with Crippen LogP contribution in [-0.2, 0) is 0 Å². The molecule has 2 rings (SSSR count). The van der Waals surface area contributed by atoms with Crippen molar-refractivity contribution in [2.45, 2.75) is 39.5 Å². The molecule has 0 N–H and O–H groups in total. The van der Waals surface area contributed by atoms with Crippen LogP contribution in [-0.4, -0.2) is 9.97 Å². The second-order valence-electron chi connectivity index (χ2n) is 4.44. The maximum absolute atomic E-state index is 4.74. The van der Waals surface area contributed by atoms with Crippen LogP contribution in [0.25, 0.3) is 10.2 Å². The molecule has 0 saturated carbocycles. The molecule has 0 atom stereocenters. The second-order valence-corrected chi connectivity index (χ2v) is 5.30. The maximum Gasteiger partial charge on any atom is 0.0848 e. The van der Waals surface area contributed by atoms with Crippen LogP contribution in [0.15, 0.2) is 11.6 Å². The molecule has 0 bridgehead atoms. The van der Waals surface area contributed by atoms with Gasteiger partial charge in [-0.15, -0.1) is 11.3 Å². The monoisotopic (exact) mass is 220 g/mol. The Hall–Kier alpha value is -0.960. The summed E-state index contributed by atoms with van der Waals surface area (Å²) in [6.07, 6.45) is 0. The minimum Gasteiger partial charge on any atom is -0.256 e. The van der Waals surface area contributed by atoms with Gasteiger partial charge in [0.25, 0.3) is 0 Å². The lowest BCUT2D eigenvalue weighted by Gasteiger charge is -2.10. The number of hydrogen-bond acceptors (Lipinski definition) is 3. The van der Waals surface area contributed by atoms with E-state index in [0.29, 0.717) is 11.8 Å². The fraction of sp³-hybridized carbons (Fsp3) is 0.500. The standard InChI is InChI=1S/C12H16N2S/c1-7(2)9-5-10-12(15-6-13-10)11(14-9)8(3)4/h5-8H,1-4H3. The summed E-state index contributed by atoms with van der Waals surface area (Å²) in [5, 5.41) is 0. The van der Waals surface area contributed by atoms with Crippen LogP contribution in [0.3, 0.4) is 0 Å². The van der Waals surface area contributed by atoms with E-state index in [1.54, 1.807) is 11.3 Å². The second kappa shape index (κ2) is 3.89. The fourth-order valence-electron chi connectivity index (χ4n) is 1.60. The van der Waals surface area contributed by atoms with Crippen molar-refractivity contribution in [3.05, 3.63) is 23.0 Å². The van der Waals surface area contributed by atoms with Crippen LogP contribution in [0.5, 0.6) is 0 Å². The van der Waals surface area contributed by atoms with E-state index in [0.717, 1.165) is 11.2 Å². The minimum atomic E-state index is 0.464. The summed E-state index contributed by atoms with van der Waals surface area (Å²) in [5.74, 6) is 0.931. The Morgan fingerprint density at radius 3 is 2.47 bits per heavy atom. The average molecular weight is 220 g/mol. The summed E-state index contributed by atoms with van der Waals surface area (Å²) < 4.78 is 1.24. The Kier molecular flexibility index (Phi) is 2.74. The lowest BCUT2D eigenvalue weighted by atomic mass is 10.1. The van der Waals surface area contributed by atoms with E-state index in [-0.39, 0.29) is 0 Å². The van der Waals surface area contributed by atoms with Crippen LogP contribution >= 0.6 is 11.3 Å². The fourth-order valence-corrected chi connectivity index (χ4v) is 2.50. The molecule has 2 heterocycles. The highest BCUT2D eigenvalue weighted by Gasteiger charge is 2.12. The van der Waals surface area contributed by atoms with E-state index in [1.807, 2.05) is 5.51 Å². The number of hydrogen-bond donors (Lipinski definition) is 0. The minimum absolute atomic E-state index is 0.464. The first-order valence-electron chi connectivity index (χ1n) is 5.33. The maximum atomic E-state index is 4.74. The lowest BCUT2D eigenvalue weighted by molar-refractivity contribution is 0.775. The van der Waals surface area contributed by atoms with Gasteiger partial charge in [0.15, 0.2) is 0 Å². The average Bonchev–Trinajstić information content (AvgIpc) is 2.62. The van der Waals surface area contributed by atoms with Crippen LogP contribution in [0, 0.1) is 0 Å². The van der Waals surface area contributed by atoms with Crippen LogP contribution in [0.4, 0.5) is 0 Å². The van der Waals surface area contributed by atoms with E-state index in [1.165, 1.54) is 10.4 Å². The zero-order valence-electron chi connectivity index (χ0n) is 9.61. The molecule has 2 nitrogen and oxygen atoms in total. The Labute approximate surface area is 94.4 Å². The lowest BCUT2D eigenvalue weighted by Crippen LogP contribution is -1.99. The van der Waals surface area contributed by atoms with Gasteiger partial charge >= 0.3 is 0 Å². The molecule has 15 heavy (non-hydrogen) atoms. The van der Waals surface area contributed by atoms with Gasteiger partial charge in [-0.05, 0) is 17.9 Å². The molecular formula is C12H16N2S. The number of aromatic nitrogens is 2. The smallest absolute Gasteiger partial charge is 0.0848 e. The van der Waals surface area contributed by atoms with Crippen molar-refractivity contribution in [1.29, 1.82) is 0 Å². The van der Waals surface area contributed by atoms with Gasteiger partial charge in [-0.1, -0.05) is 27.7 Å². The van der Waals surface area contributed by atoms with E-state index in [4.69, 9.17) is 4.98 Å². The third-order valence-electron chi connectivity index (χ3n) is 2.50. The Balaban J connectivity index is 2.69. The van der Waals surface area contributed by atoms with Gasteiger partial charge in [0.2, 0.25) is 0 Å². The van der Waals surface area contributed by atoms with Crippen molar-refractivity contribution in [3.8, 4) is 0 Å². The first-order valence-corrected chi connectivity index (χ1v) is 6.21. The van der Waals surface area contributed by atoms with Crippen molar-refractivity contribution >= 4 is 21.6 Å². The van der Waals surface area contributed by atoms with E-state index in [2.05, 4.69) is 38.7 Å². The normalized spacial score (nSPS) is 11.9. The molecule has 0 aliphatic carbocycles. The third kappa shape index (κ3) is 1.88. The van der Waals surface area contributed by atoms with Crippen LogP contribution in [0.2, 0.25) is 0 Å². The van der Waals surface area contributed by atoms with Crippen molar-refractivity contribution in [1.82, 2.24) is 9.97 Å². The molecule has 0 aliphatic heterocycles. The van der Waals surface area contributed by atoms with Crippen molar-refractivity contribution < 1.29 is 0 Å². The quantitative estimate of drug-likeness (QED) is 0.766. The van der Waals surface area contributed by atoms with E-state index >= 15 is 0 Å². The number of nitrogens with zero attached hydrogens (tertiary/aromatic N) is 2.